The van der Waals surface area contributed by atoms with Crippen LogP contribution >= 0.6 is 11.8 Å². The van der Waals surface area contributed by atoms with Crippen LogP contribution in [0.1, 0.15) is 5.56 Å². The number of nitro benzene ring substituents is 1. The Morgan fingerprint density at radius 1 is 1.00 bits per heavy atom. The maximum atomic E-state index is 10.7. The van der Waals surface area contributed by atoms with Crippen LogP contribution < -0.4 is 0 Å². The predicted molar refractivity (Wildman–Crippen MR) is 96.7 cm³/mol. The monoisotopic (exact) mass is 364 g/mol. The van der Waals surface area contributed by atoms with E-state index in [1.54, 1.807) is 29.0 Å². The minimum atomic E-state index is -0.409. The first-order valence-corrected chi connectivity index (χ1v) is 8.68. The van der Waals surface area contributed by atoms with Gasteiger partial charge in [-0.3, -0.25) is 15.1 Å². The van der Waals surface area contributed by atoms with E-state index >= 15 is 0 Å². The molecule has 8 nitrogen and oxygen atoms in total. The Morgan fingerprint density at radius 2 is 1.77 bits per heavy atom. The van der Waals surface area contributed by atoms with E-state index in [2.05, 4.69) is 20.3 Å². The van der Waals surface area contributed by atoms with Gasteiger partial charge in [0, 0.05) is 35.8 Å². The number of rotatable bonds is 5. The highest BCUT2D eigenvalue weighted by molar-refractivity contribution is 7.98. The largest absolute Gasteiger partial charge is 0.269 e. The molecule has 0 N–H and O–H groups in total. The number of nitro groups is 1. The number of benzene rings is 1. The molecule has 0 spiro atoms. The number of hydrogen-bond acceptors (Lipinski definition) is 7. The summed E-state index contributed by atoms with van der Waals surface area (Å²) in [5.41, 5.74) is 3.46. The van der Waals surface area contributed by atoms with Crippen molar-refractivity contribution in [3.8, 4) is 11.3 Å². The molecule has 0 saturated carbocycles. The van der Waals surface area contributed by atoms with Gasteiger partial charge in [0.2, 0.25) is 5.16 Å². The van der Waals surface area contributed by atoms with E-state index in [1.807, 2.05) is 24.3 Å². The average Bonchev–Trinajstić information content (AvgIpc) is 3.09. The van der Waals surface area contributed by atoms with E-state index in [4.69, 9.17) is 0 Å². The highest BCUT2D eigenvalue weighted by atomic mass is 32.2. The van der Waals surface area contributed by atoms with Crippen LogP contribution in [-0.4, -0.2) is 29.7 Å². The SMILES string of the molecule is O=[N+]([O-])c1ccc(CSc2nnc3ccc(-c4ccncc4)nn23)cc1. The Labute approximate surface area is 152 Å². The number of hydrogen-bond donors (Lipinski definition) is 0. The summed E-state index contributed by atoms with van der Waals surface area (Å²) in [5.74, 6) is 0.611. The maximum Gasteiger partial charge on any atom is 0.269 e. The van der Waals surface area contributed by atoms with Crippen LogP contribution in [0.4, 0.5) is 5.69 Å². The van der Waals surface area contributed by atoms with Gasteiger partial charge in [-0.25, -0.2) is 0 Å². The molecule has 4 aromatic rings. The molecule has 128 valence electrons. The number of non-ortho nitro benzene ring substituents is 1. The van der Waals surface area contributed by atoms with E-state index in [0.717, 1.165) is 16.8 Å². The smallest absolute Gasteiger partial charge is 0.265 e. The van der Waals surface area contributed by atoms with Crippen molar-refractivity contribution in [2.45, 2.75) is 10.9 Å². The lowest BCUT2D eigenvalue weighted by atomic mass is 10.2. The first-order chi connectivity index (χ1) is 12.7. The fraction of sp³-hybridized carbons (Fsp3) is 0.0588. The summed E-state index contributed by atoms with van der Waals surface area (Å²) in [7, 11) is 0. The van der Waals surface area contributed by atoms with Crippen molar-refractivity contribution in [3.63, 3.8) is 0 Å². The molecule has 0 aliphatic rings. The van der Waals surface area contributed by atoms with Crippen LogP contribution in [0.25, 0.3) is 16.9 Å². The third-order valence-electron chi connectivity index (χ3n) is 3.73. The zero-order valence-corrected chi connectivity index (χ0v) is 14.2. The van der Waals surface area contributed by atoms with Crippen molar-refractivity contribution < 1.29 is 4.92 Å². The van der Waals surface area contributed by atoms with E-state index < -0.39 is 4.92 Å². The van der Waals surface area contributed by atoms with Gasteiger partial charge in [0.05, 0.1) is 10.6 Å². The molecule has 0 amide bonds. The van der Waals surface area contributed by atoms with Crippen LogP contribution in [-0.2, 0) is 5.75 Å². The quantitative estimate of drug-likeness (QED) is 0.304. The summed E-state index contributed by atoms with van der Waals surface area (Å²) in [6, 6.07) is 14.0. The summed E-state index contributed by atoms with van der Waals surface area (Å²) in [6.07, 6.45) is 3.44. The van der Waals surface area contributed by atoms with Crippen LogP contribution in [0.3, 0.4) is 0 Å². The molecular weight excluding hydrogens is 352 g/mol. The molecule has 3 aromatic heterocycles. The number of fused-ring (bicyclic) bond motifs is 1. The second-order valence-electron chi connectivity index (χ2n) is 5.42. The Bertz CT molecular complexity index is 1070. The molecule has 0 aliphatic carbocycles. The van der Waals surface area contributed by atoms with Gasteiger partial charge in [0.15, 0.2) is 5.65 Å². The second kappa shape index (κ2) is 6.89. The van der Waals surface area contributed by atoms with Gasteiger partial charge in [0.25, 0.3) is 5.69 Å². The molecular formula is C17H12N6O2S. The summed E-state index contributed by atoms with van der Waals surface area (Å²) >= 11 is 1.47. The summed E-state index contributed by atoms with van der Waals surface area (Å²) < 4.78 is 1.70. The van der Waals surface area contributed by atoms with Crippen molar-refractivity contribution in [2.24, 2.45) is 0 Å². The number of aromatic nitrogens is 5. The van der Waals surface area contributed by atoms with Gasteiger partial charge in [0.1, 0.15) is 0 Å². The zero-order chi connectivity index (χ0) is 17.9. The number of pyridine rings is 1. The van der Waals surface area contributed by atoms with Gasteiger partial charge < -0.3 is 0 Å². The summed E-state index contributed by atoms with van der Waals surface area (Å²) in [6.45, 7) is 0. The molecule has 0 unspecified atom stereocenters. The van der Waals surface area contributed by atoms with Gasteiger partial charge >= 0.3 is 0 Å². The first kappa shape index (κ1) is 16.2. The van der Waals surface area contributed by atoms with Gasteiger partial charge in [-0.1, -0.05) is 23.9 Å². The lowest BCUT2D eigenvalue weighted by Crippen LogP contribution is -1.96. The molecule has 0 radical (unpaired) electrons. The fourth-order valence-corrected chi connectivity index (χ4v) is 3.24. The Kier molecular flexibility index (Phi) is 4.28. The molecule has 0 fully saturated rings. The third-order valence-corrected chi connectivity index (χ3v) is 4.72. The van der Waals surface area contributed by atoms with Crippen molar-refractivity contribution in [2.75, 3.05) is 0 Å². The number of nitrogens with zero attached hydrogens (tertiary/aromatic N) is 6. The average molecular weight is 364 g/mol. The maximum absolute atomic E-state index is 10.7. The third kappa shape index (κ3) is 3.24. The van der Waals surface area contributed by atoms with Gasteiger partial charge in [-0.05, 0) is 29.8 Å². The Balaban J connectivity index is 1.57. The summed E-state index contributed by atoms with van der Waals surface area (Å²) in [4.78, 5) is 14.3. The van der Waals surface area contributed by atoms with Crippen LogP contribution in [0.2, 0.25) is 0 Å². The van der Waals surface area contributed by atoms with Crippen molar-refractivity contribution in [1.29, 1.82) is 0 Å². The highest BCUT2D eigenvalue weighted by Crippen LogP contribution is 2.24. The van der Waals surface area contributed by atoms with Crippen LogP contribution in [0.5, 0.6) is 0 Å². The van der Waals surface area contributed by atoms with Crippen LogP contribution in [0.15, 0.2) is 66.1 Å². The van der Waals surface area contributed by atoms with Crippen LogP contribution in [0, 0.1) is 10.1 Å². The standard InChI is InChI=1S/C17H12N6O2S/c24-23(25)14-3-1-12(2-4-14)11-26-17-20-19-16-6-5-15(21-22(16)17)13-7-9-18-10-8-13/h1-10H,11H2. The molecule has 26 heavy (non-hydrogen) atoms. The van der Waals surface area contributed by atoms with Crippen molar-refractivity contribution >= 4 is 23.1 Å². The first-order valence-electron chi connectivity index (χ1n) is 7.70. The van der Waals surface area contributed by atoms with E-state index in [1.165, 1.54) is 23.9 Å². The van der Waals surface area contributed by atoms with Gasteiger partial charge in [-0.15, -0.1) is 10.2 Å². The normalized spacial score (nSPS) is 10.9. The summed E-state index contributed by atoms with van der Waals surface area (Å²) in [5, 5.41) is 24.3. The second-order valence-corrected chi connectivity index (χ2v) is 6.36. The molecule has 0 atom stereocenters. The van der Waals surface area contributed by atoms with Gasteiger partial charge in [-0.2, -0.15) is 9.61 Å². The number of thioether (sulfide) groups is 1. The predicted octanol–water partition coefficient (Wildman–Crippen LogP) is 3.39. The molecule has 1 aromatic carbocycles. The van der Waals surface area contributed by atoms with Crippen molar-refractivity contribution in [3.05, 3.63) is 76.6 Å². The van der Waals surface area contributed by atoms with E-state index in [9.17, 15) is 10.1 Å². The minimum absolute atomic E-state index is 0.0790. The zero-order valence-electron chi connectivity index (χ0n) is 13.4. The molecule has 0 aliphatic heterocycles. The van der Waals surface area contributed by atoms with E-state index in [-0.39, 0.29) is 5.69 Å². The van der Waals surface area contributed by atoms with Crippen molar-refractivity contribution in [1.82, 2.24) is 24.8 Å². The fourth-order valence-electron chi connectivity index (χ4n) is 2.40. The molecule has 4 rings (SSSR count). The molecule has 0 saturated heterocycles. The Morgan fingerprint density at radius 3 is 2.50 bits per heavy atom. The minimum Gasteiger partial charge on any atom is -0.265 e. The lowest BCUT2D eigenvalue weighted by molar-refractivity contribution is -0.384. The lowest BCUT2D eigenvalue weighted by Gasteiger charge is -2.03. The molecule has 9 heteroatoms. The highest BCUT2D eigenvalue weighted by Gasteiger charge is 2.10. The Hall–Kier alpha value is -3.33. The topological polar surface area (TPSA) is 99.1 Å². The van der Waals surface area contributed by atoms with E-state index in [0.29, 0.717) is 16.6 Å². The molecule has 0 bridgehead atoms. The molecule has 3 heterocycles.